The van der Waals surface area contributed by atoms with E-state index in [0.717, 1.165) is 71.3 Å². The van der Waals surface area contributed by atoms with Gasteiger partial charge in [-0.15, -0.1) is 11.3 Å². The summed E-state index contributed by atoms with van der Waals surface area (Å²) in [6, 6.07) is 14.0. The minimum atomic E-state index is 0.120. The van der Waals surface area contributed by atoms with Gasteiger partial charge in [0.2, 0.25) is 0 Å². The molecular weight excluding hydrogens is 432 g/mol. The Hall–Kier alpha value is -3.26. The zero-order valence-corrected chi connectivity index (χ0v) is 19.9. The summed E-state index contributed by atoms with van der Waals surface area (Å²) in [5, 5.41) is 7.79. The molecule has 4 aromatic rings. The van der Waals surface area contributed by atoms with E-state index in [2.05, 4.69) is 11.8 Å². The van der Waals surface area contributed by atoms with Gasteiger partial charge >= 0.3 is 0 Å². The zero-order chi connectivity index (χ0) is 22.8. The summed E-state index contributed by atoms with van der Waals surface area (Å²) in [6.07, 6.45) is 2.99. The second-order valence-electron chi connectivity index (χ2n) is 8.35. The number of amides is 1. The number of anilines is 1. The Labute approximate surface area is 197 Å². The van der Waals surface area contributed by atoms with Crippen molar-refractivity contribution in [2.75, 3.05) is 31.1 Å². The molecule has 1 saturated heterocycles. The van der Waals surface area contributed by atoms with Gasteiger partial charge in [-0.05, 0) is 36.9 Å². The number of hydrogen-bond acceptors (Lipinski definition) is 6. The fourth-order valence-corrected chi connectivity index (χ4v) is 5.00. The lowest BCUT2D eigenvalue weighted by atomic mass is 10.2. The number of aryl methyl sites for hydroxylation is 2. The second kappa shape index (κ2) is 9.31. The van der Waals surface area contributed by atoms with E-state index in [0.29, 0.717) is 13.1 Å². The summed E-state index contributed by atoms with van der Waals surface area (Å²) in [5.41, 5.74) is 2.77. The first-order chi connectivity index (χ1) is 16.2. The lowest BCUT2D eigenvalue weighted by molar-refractivity contribution is 0.0751. The number of unbranched alkanes of at least 4 members (excludes halogenated alkanes) is 1. The van der Waals surface area contributed by atoms with Gasteiger partial charge in [0.05, 0.1) is 21.6 Å². The fourth-order valence-electron chi connectivity index (χ4n) is 4.31. The van der Waals surface area contributed by atoms with Crippen molar-refractivity contribution in [3.05, 3.63) is 64.2 Å². The summed E-state index contributed by atoms with van der Waals surface area (Å²) in [4.78, 5) is 27.8. The number of hydrogen-bond donors (Lipinski definition) is 0. The summed E-state index contributed by atoms with van der Waals surface area (Å²) < 4.78 is 1.93. The number of fused-ring (bicyclic) bond motifs is 1. The van der Waals surface area contributed by atoms with E-state index in [-0.39, 0.29) is 5.91 Å². The smallest absolute Gasteiger partial charge is 0.264 e. The SMILES string of the molecule is CCCCc1nc(N2CCN(C(=O)c3cccs3)CC2)c2c(C)nn(-c3ccccc3)c2n1. The molecule has 33 heavy (non-hydrogen) atoms. The van der Waals surface area contributed by atoms with E-state index >= 15 is 0 Å². The molecule has 1 aliphatic heterocycles. The van der Waals surface area contributed by atoms with Crippen LogP contribution in [0.5, 0.6) is 0 Å². The third kappa shape index (κ3) is 4.23. The van der Waals surface area contributed by atoms with Crippen molar-refractivity contribution >= 4 is 34.1 Å². The minimum Gasteiger partial charge on any atom is -0.352 e. The van der Waals surface area contributed by atoms with Crippen molar-refractivity contribution in [2.45, 2.75) is 33.1 Å². The molecule has 0 aliphatic carbocycles. The predicted molar refractivity (Wildman–Crippen MR) is 132 cm³/mol. The topological polar surface area (TPSA) is 67.2 Å². The summed E-state index contributed by atoms with van der Waals surface area (Å²) in [5.74, 6) is 1.91. The first kappa shape index (κ1) is 21.6. The third-order valence-corrected chi connectivity index (χ3v) is 6.94. The minimum absolute atomic E-state index is 0.120. The van der Waals surface area contributed by atoms with Crippen LogP contribution < -0.4 is 4.90 Å². The Morgan fingerprint density at radius 2 is 1.82 bits per heavy atom. The highest BCUT2D eigenvalue weighted by atomic mass is 32.1. The first-order valence-electron chi connectivity index (χ1n) is 11.5. The predicted octanol–water partition coefficient (Wildman–Crippen LogP) is 4.49. The number of benzene rings is 1. The van der Waals surface area contributed by atoms with Crippen LogP contribution >= 0.6 is 11.3 Å². The Bertz CT molecular complexity index is 1240. The van der Waals surface area contributed by atoms with Crippen LogP contribution in [0.3, 0.4) is 0 Å². The molecule has 4 heterocycles. The molecule has 1 fully saturated rings. The summed E-state index contributed by atoms with van der Waals surface area (Å²) >= 11 is 1.50. The van der Waals surface area contributed by atoms with Gasteiger partial charge in [0, 0.05) is 32.6 Å². The number of rotatable bonds is 6. The number of aromatic nitrogens is 4. The molecule has 8 heteroatoms. The highest BCUT2D eigenvalue weighted by molar-refractivity contribution is 7.12. The molecule has 0 unspecified atom stereocenters. The van der Waals surface area contributed by atoms with Gasteiger partial charge in [-0.3, -0.25) is 4.79 Å². The summed E-state index contributed by atoms with van der Waals surface area (Å²) in [6.45, 7) is 7.05. The Morgan fingerprint density at radius 1 is 1.03 bits per heavy atom. The van der Waals surface area contributed by atoms with E-state index in [1.165, 1.54) is 11.3 Å². The maximum absolute atomic E-state index is 12.8. The Morgan fingerprint density at radius 3 is 2.52 bits per heavy atom. The average Bonchev–Trinajstić information content (AvgIpc) is 3.51. The third-order valence-electron chi connectivity index (χ3n) is 6.08. The average molecular weight is 461 g/mol. The van der Waals surface area contributed by atoms with Gasteiger partial charge in [0.15, 0.2) is 5.65 Å². The number of carbonyl (C=O) groups excluding carboxylic acids is 1. The van der Waals surface area contributed by atoms with Crippen LogP contribution in [0.4, 0.5) is 5.82 Å². The van der Waals surface area contributed by atoms with Gasteiger partial charge < -0.3 is 9.80 Å². The van der Waals surface area contributed by atoms with Gasteiger partial charge in [-0.2, -0.15) is 5.10 Å². The quantitative estimate of drug-likeness (QED) is 0.424. The molecule has 3 aromatic heterocycles. The highest BCUT2D eigenvalue weighted by Gasteiger charge is 2.27. The number of piperazine rings is 1. The summed E-state index contributed by atoms with van der Waals surface area (Å²) in [7, 11) is 0. The molecule has 0 atom stereocenters. The van der Waals surface area contributed by atoms with E-state index in [9.17, 15) is 4.79 Å². The molecule has 170 valence electrons. The van der Waals surface area contributed by atoms with Gasteiger partial charge in [0.25, 0.3) is 5.91 Å². The van der Waals surface area contributed by atoms with Crippen LogP contribution in [0.15, 0.2) is 47.8 Å². The molecule has 5 rings (SSSR count). The number of carbonyl (C=O) groups is 1. The van der Waals surface area contributed by atoms with Gasteiger partial charge in [-0.25, -0.2) is 14.6 Å². The van der Waals surface area contributed by atoms with E-state index in [1.807, 2.05) is 64.4 Å². The Balaban J connectivity index is 1.49. The van der Waals surface area contributed by atoms with Gasteiger partial charge in [0.1, 0.15) is 11.6 Å². The van der Waals surface area contributed by atoms with Crippen molar-refractivity contribution in [3.8, 4) is 5.69 Å². The van der Waals surface area contributed by atoms with E-state index in [1.54, 1.807) is 0 Å². The van der Waals surface area contributed by atoms with Crippen LogP contribution in [0.2, 0.25) is 0 Å². The van der Waals surface area contributed by atoms with Crippen molar-refractivity contribution < 1.29 is 4.79 Å². The normalized spacial score (nSPS) is 14.2. The Kier molecular flexibility index (Phi) is 6.09. The van der Waals surface area contributed by atoms with Crippen molar-refractivity contribution in [3.63, 3.8) is 0 Å². The monoisotopic (exact) mass is 460 g/mol. The molecule has 0 N–H and O–H groups in total. The largest absolute Gasteiger partial charge is 0.352 e. The molecule has 1 aliphatic rings. The standard InChI is InChI=1S/C25H28N6OS/c1-3-4-12-21-26-23(29-13-15-30(16-14-29)25(32)20-11-8-17-33-20)22-18(2)28-31(24(22)27-21)19-9-6-5-7-10-19/h5-11,17H,3-4,12-16H2,1-2H3. The first-order valence-corrected chi connectivity index (χ1v) is 12.4. The van der Waals surface area contributed by atoms with E-state index < -0.39 is 0 Å². The van der Waals surface area contributed by atoms with Crippen molar-refractivity contribution in [2.24, 2.45) is 0 Å². The fraction of sp³-hybridized carbons (Fsp3) is 0.360. The number of para-hydroxylation sites is 1. The van der Waals surface area contributed by atoms with Crippen LogP contribution in [0.1, 0.15) is 41.0 Å². The molecule has 1 amide bonds. The van der Waals surface area contributed by atoms with Crippen LogP contribution in [0.25, 0.3) is 16.7 Å². The van der Waals surface area contributed by atoms with Gasteiger partial charge in [-0.1, -0.05) is 37.6 Å². The number of thiophene rings is 1. The van der Waals surface area contributed by atoms with Crippen LogP contribution in [-0.2, 0) is 6.42 Å². The lowest BCUT2D eigenvalue weighted by Crippen LogP contribution is -2.49. The second-order valence-corrected chi connectivity index (χ2v) is 9.30. The lowest BCUT2D eigenvalue weighted by Gasteiger charge is -2.35. The highest BCUT2D eigenvalue weighted by Crippen LogP contribution is 2.30. The molecule has 7 nitrogen and oxygen atoms in total. The molecule has 1 aromatic carbocycles. The van der Waals surface area contributed by atoms with Crippen LogP contribution in [0, 0.1) is 6.92 Å². The molecule has 0 radical (unpaired) electrons. The zero-order valence-electron chi connectivity index (χ0n) is 19.1. The molecule has 0 saturated carbocycles. The maximum Gasteiger partial charge on any atom is 0.264 e. The van der Waals surface area contributed by atoms with Crippen molar-refractivity contribution in [1.29, 1.82) is 0 Å². The number of nitrogens with zero attached hydrogens (tertiary/aromatic N) is 6. The molecular formula is C25H28N6OS. The maximum atomic E-state index is 12.8. The van der Waals surface area contributed by atoms with E-state index in [4.69, 9.17) is 15.1 Å². The van der Waals surface area contributed by atoms with Crippen molar-refractivity contribution in [1.82, 2.24) is 24.6 Å². The van der Waals surface area contributed by atoms with Crippen LogP contribution in [-0.4, -0.2) is 56.7 Å². The molecule has 0 spiro atoms. The molecule has 0 bridgehead atoms.